The summed E-state index contributed by atoms with van der Waals surface area (Å²) < 4.78 is 18.4. The van der Waals surface area contributed by atoms with Crippen molar-refractivity contribution in [2.24, 2.45) is 5.92 Å². The summed E-state index contributed by atoms with van der Waals surface area (Å²) in [5.74, 6) is 0.720. The maximum Gasteiger partial charge on any atom is 0.165 e. The molecule has 2 unspecified atom stereocenters. The first-order chi connectivity index (χ1) is 9.10. The summed E-state index contributed by atoms with van der Waals surface area (Å²) in [4.78, 5) is 2.36. The Labute approximate surface area is 114 Å². The van der Waals surface area contributed by atoms with Crippen LogP contribution in [0.4, 0.5) is 4.39 Å². The van der Waals surface area contributed by atoms with Gasteiger partial charge in [0.15, 0.2) is 11.6 Å². The fourth-order valence-electron chi connectivity index (χ4n) is 2.60. The molecule has 4 heteroatoms. The molecule has 0 bridgehead atoms. The molecule has 1 aromatic carbocycles. The lowest BCUT2D eigenvalue weighted by Gasteiger charge is -2.18. The fraction of sp³-hybridized carbons (Fsp3) is 0.600. The highest BCUT2D eigenvalue weighted by Crippen LogP contribution is 2.23. The molecule has 19 heavy (non-hydrogen) atoms. The van der Waals surface area contributed by atoms with Crippen LogP contribution < -0.4 is 10.1 Å². The molecule has 1 saturated heterocycles. The monoisotopic (exact) mass is 266 g/mol. The van der Waals surface area contributed by atoms with Crippen molar-refractivity contribution >= 4 is 0 Å². The van der Waals surface area contributed by atoms with Gasteiger partial charge in [0.1, 0.15) is 0 Å². The fourth-order valence-corrected chi connectivity index (χ4v) is 2.60. The molecule has 0 aromatic heterocycles. The Hall–Kier alpha value is -1.13. The van der Waals surface area contributed by atoms with E-state index in [1.54, 1.807) is 6.07 Å². The van der Waals surface area contributed by atoms with Crippen LogP contribution in [0.15, 0.2) is 18.2 Å². The molecule has 1 aliphatic rings. The van der Waals surface area contributed by atoms with Gasteiger partial charge < -0.3 is 15.0 Å². The summed E-state index contributed by atoms with van der Waals surface area (Å²) in [7, 11) is 3.66. The second kappa shape index (κ2) is 6.35. The van der Waals surface area contributed by atoms with Gasteiger partial charge in [-0.15, -0.1) is 0 Å². The van der Waals surface area contributed by atoms with Crippen LogP contribution in [0.2, 0.25) is 0 Å². The zero-order valence-corrected chi connectivity index (χ0v) is 11.9. The maximum absolute atomic E-state index is 13.4. The molecule has 106 valence electrons. The third-order valence-electron chi connectivity index (χ3n) is 3.88. The first kappa shape index (κ1) is 14.3. The molecule has 0 saturated carbocycles. The standard InChI is InChI=1S/C15H23FN2O/c1-11(17-9-12-6-7-18(2)10-12)13-4-5-14(16)15(8-13)19-3/h4-5,8,11-12,17H,6-7,9-10H2,1-3H3. The number of halogens is 1. The minimum atomic E-state index is -0.309. The van der Waals surface area contributed by atoms with Gasteiger partial charge in [0.2, 0.25) is 0 Å². The molecule has 2 rings (SSSR count). The van der Waals surface area contributed by atoms with Gasteiger partial charge in [0, 0.05) is 12.6 Å². The Bertz CT molecular complexity index is 425. The minimum absolute atomic E-state index is 0.209. The number of ether oxygens (including phenoxy) is 1. The van der Waals surface area contributed by atoms with Crippen LogP contribution in [0.3, 0.4) is 0 Å². The summed E-state index contributed by atoms with van der Waals surface area (Å²) >= 11 is 0. The van der Waals surface area contributed by atoms with Crippen LogP contribution in [0, 0.1) is 11.7 Å². The molecular formula is C15H23FN2O. The number of nitrogens with one attached hydrogen (secondary N) is 1. The summed E-state index contributed by atoms with van der Waals surface area (Å²) in [6, 6.07) is 5.26. The van der Waals surface area contributed by atoms with Crippen molar-refractivity contribution in [1.82, 2.24) is 10.2 Å². The molecule has 1 fully saturated rings. The van der Waals surface area contributed by atoms with Crippen molar-refractivity contribution in [3.05, 3.63) is 29.6 Å². The average molecular weight is 266 g/mol. The average Bonchev–Trinajstić information content (AvgIpc) is 2.82. The Morgan fingerprint density at radius 1 is 1.53 bits per heavy atom. The molecule has 1 aromatic rings. The highest BCUT2D eigenvalue weighted by molar-refractivity contribution is 5.31. The molecule has 0 spiro atoms. The Morgan fingerprint density at radius 3 is 2.95 bits per heavy atom. The molecule has 2 atom stereocenters. The van der Waals surface area contributed by atoms with Crippen LogP contribution in [-0.4, -0.2) is 38.7 Å². The van der Waals surface area contributed by atoms with Crippen molar-refractivity contribution in [2.75, 3.05) is 33.8 Å². The van der Waals surface area contributed by atoms with Crippen molar-refractivity contribution in [2.45, 2.75) is 19.4 Å². The van der Waals surface area contributed by atoms with Gasteiger partial charge in [-0.25, -0.2) is 4.39 Å². The summed E-state index contributed by atoms with van der Waals surface area (Å²) in [6.07, 6.45) is 1.25. The van der Waals surface area contributed by atoms with E-state index in [9.17, 15) is 4.39 Å². The SMILES string of the molecule is COc1cc(C(C)NCC2CCN(C)C2)ccc1F. The molecule has 0 aliphatic carbocycles. The number of hydrogen-bond acceptors (Lipinski definition) is 3. The molecule has 0 amide bonds. The summed E-state index contributed by atoms with van der Waals surface area (Å²) in [5.41, 5.74) is 1.06. The number of nitrogens with zero attached hydrogens (tertiary/aromatic N) is 1. The van der Waals surface area contributed by atoms with Crippen LogP contribution in [-0.2, 0) is 0 Å². The van der Waals surface area contributed by atoms with Gasteiger partial charge in [0.05, 0.1) is 7.11 Å². The second-order valence-electron chi connectivity index (χ2n) is 5.44. The lowest BCUT2D eigenvalue weighted by Crippen LogP contribution is -2.27. The van der Waals surface area contributed by atoms with Crippen molar-refractivity contribution < 1.29 is 9.13 Å². The zero-order valence-electron chi connectivity index (χ0n) is 11.9. The van der Waals surface area contributed by atoms with E-state index in [2.05, 4.69) is 24.2 Å². The molecule has 1 N–H and O–H groups in total. The summed E-state index contributed by atoms with van der Waals surface area (Å²) in [5, 5.41) is 3.53. The van der Waals surface area contributed by atoms with Crippen LogP contribution in [0.5, 0.6) is 5.75 Å². The lowest BCUT2D eigenvalue weighted by atomic mass is 10.1. The van der Waals surface area contributed by atoms with Crippen LogP contribution in [0.1, 0.15) is 24.9 Å². The van der Waals surface area contributed by atoms with Gasteiger partial charge in [-0.1, -0.05) is 6.07 Å². The van der Waals surface area contributed by atoms with Gasteiger partial charge in [0.25, 0.3) is 0 Å². The first-order valence-corrected chi connectivity index (χ1v) is 6.85. The van der Waals surface area contributed by atoms with Gasteiger partial charge in [-0.3, -0.25) is 0 Å². The van der Waals surface area contributed by atoms with Gasteiger partial charge in [-0.05, 0) is 57.1 Å². The van der Waals surface area contributed by atoms with Crippen molar-refractivity contribution in [1.29, 1.82) is 0 Å². The lowest BCUT2D eigenvalue weighted by molar-refractivity contribution is 0.378. The largest absolute Gasteiger partial charge is 0.494 e. The van der Waals surface area contributed by atoms with E-state index in [1.807, 2.05) is 6.07 Å². The second-order valence-corrected chi connectivity index (χ2v) is 5.44. The molecular weight excluding hydrogens is 243 g/mol. The van der Waals surface area contributed by atoms with E-state index in [1.165, 1.54) is 26.1 Å². The van der Waals surface area contributed by atoms with E-state index in [0.29, 0.717) is 5.75 Å². The van der Waals surface area contributed by atoms with Crippen molar-refractivity contribution in [3.63, 3.8) is 0 Å². The van der Waals surface area contributed by atoms with E-state index in [-0.39, 0.29) is 11.9 Å². The van der Waals surface area contributed by atoms with E-state index < -0.39 is 0 Å². The predicted octanol–water partition coefficient (Wildman–Crippen LogP) is 2.44. The van der Waals surface area contributed by atoms with Gasteiger partial charge in [-0.2, -0.15) is 0 Å². The number of methoxy groups -OCH3 is 1. The Kier molecular flexibility index (Phi) is 4.77. The van der Waals surface area contributed by atoms with E-state index in [0.717, 1.165) is 24.6 Å². The van der Waals surface area contributed by atoms with Crippen LogP contribution in [0.25, 0.3) is 0 Å². The molecule has 1 heterocycles. The minimum Gasteiger partial charge on any atom is -0.494 e. The zero-order chi connectivity index (χ0) is 13.8. The highest BCUT2D eigenvalue weighted by atomic mass is 19.1. The smallest absolute Gasteiger partial charge is 0.165 e. The quantitative estimate of drug-likeness (QED) is 0.886. The Morgan fingerprint density at radius 2 is 2.32 bits per heavy atom. The number of hydrogen-bond donors (Lipinski definition) is 1. The molecule has 3 nitrogen and oxygen atoms in total. The molecule has 0 radical (unpaired) electrons. The molecule has 1 aliphatic heterocycles. The predicted molar refractivity (Wildman–Crippen MR) is 75.0 cm³/mol. The first-order valence-electron chi connectivity index (χ1n) is 6.85. The third kappa shape index (κ3) is 3.67. The summed E-state index contributed by atoms with van der Waals surface area (Å²) in [6.45, 7) is 5.45. The number of likely N-dealkylation sites (tertiary alicyclic amines) is 1. The highest BCUT2D eigenvalue weighted by Gasteiger charge is 2.20. The van der Waals surface area contributed by atoms with E-state index in [4.69, 9.17) is 4.74 Å². The van der Waals surface area contributed by atoms with Crippen molar-refractivity contribution in [3.8, 4) is 5.75 Å². The normalized spacial score (nSPS) is 21.6. The Balaban J connectivity index is 1.90. The van der Waals surface area contributed by atoms with Gasteiger partial charge >= 0.3 is 0 Å². The number of benzene rings is 1. The maximum atomic E-state index is 13.4. The topological polar surface area (TPSA) is 24.5 Å². The van der Waals surface area contributed by atoms with Crippen LogP contribution >= 0.6 is 0 Å². The third-order valence-corrected chi connectivity index (χ3v) is 3.88. The van der Waals surface area contributed by atoms with E-state index >= 15 is 0 Å². The number of rotatable bonds is 5.